The molecule has 0 aliphatic carbocycles. The smallest absolute Gasteiger partial charge is 0.178 e. The van der Waals surface area contributed by atoms with Crippen LogP contribution in [0.5, 0.6) is 0 Å². The molecule has 106 valence electrons. The Morgan fingerprint density at radius 3 is 1.14 bits per heavy atom. The topological polar surface area (TPSA) is 73.2 Å². The van der Waals surface area contributed by atoms with Gasteiger partial charge in [0.15, 0.2) is 14.3 Å². The van der Waals surface area contributed by atoms with Crippen LogP contribution in [0.15, 0.2) is 49.1 Å². The summed E-state index contributed by atoms with van der Waals surface area (Å²) in [7, 11) is 0. The SMILES string of the molecule is S=c1[nH]c(=S)[nH]c(=S)[nH]1.c1cc(-c2ccncc2)ccn1. The number of H-pyrrole nitrogens is 3. The highest BCUT2D eigenvalue weighted by Crippen LogP contribution is 2.15. The van der Waals surface area contributed by atoms with E-state index in [1.807, 2.05) is 24.3 Å². The van der Waals surface area contributed by atoms with E-state index < -0.39 is 0 Å². The molecule has 0 saturated carbocycles. The van der Waals surface area contributed by atoms with Crippen LogP contribution in [0.3, 0.4) is 0 Å². The average Bonchev–Trinajstić information content (AvgIpc) is 2.48. The van der Waals surface area contributed by atoms with Crippen molar-refractivity contribution in [2.45, 2.75) is 0 Å². The Balaban J connectivity index is 0.000000161. The summed E-state index contributed by atoms with van der Waals surface area (Å²) in [5.41, 5.74) is 2.35. The van der Waals surface area contributed by atoms with Gasteiger partial charge in [-0.2, -0.15) is 0 Å². The van der Waals surface area contributed by atoms with Gasteiger partial charge in [0.1, 0.15) is 0 Å². The molecule has 0 unspecified atom stereocenters. The predicted molar refractivity (Wildman–Crippen MR) is 89.5 cm³/mol. The molecule has 3 aromatic heterocycles. The van der Waals surface area contributed by atoms with Gasteiger partial charge in [0.25, 0.3) is 0 Å². The number of hydrogen-bond donors (Lipinski definition) is 3. The van der Waals surface area contributed by atoms with Gasteiger partial charge in [0, 0.05) is 24.8 Å². The van der Waals surface area contributed by atoms with Crippen molar-refractivity contribution in [2.75, 3.05) is 0 Å². The third kappa shape index (κ3) is 5.10. The zero-order valence-electron chi connectivity index (χ0n) is 10.7. The number of pyridine rings is 2. The summed E-state index contributed by atoms with van der Waals surface area (Å²) in [5.74, 6) is 0. The van der Waals surface area contributed by atoms with Crippen LogP contribution in [0.25, 0.3) is 11.1 Å². The van der Waals surface area contributed by atoms with Crippen LogP contribution in [0, 0.1) is 14.3 Å². The monoisotopic (exact) mass is 333 g/mol. The Kier molecular flexibility index (Phi) is 5.61. The molecule has 0 fully saturated rings. The molecular weight excluding hydrogens is 322 g/mol. The molecule has 3 rings (SSSR count). The summed E-state index contributed by atoms with van der Waals surface area (Å²) < 4.78 is 1.34. The second-order valence-electron chi connectivity index (χ2n) is 3.83. The van der Waals surface area contributed by atoms with Crippen molar-refractivity contribution in [3.8, 4) is 11.1 Å². The number of rotatable bonds is 1. The Morgan fingerprint density at radius 2 is 0.857 bits per heavy atom. The fourth-order valence-corrected chi connectivity index (χ4v) is 2.30. The molecule has 0 radical (unpaired) electrons. The molecule has 0 aliphatic rings. The van der Waals surface area contributed by atoms with Gasteiger partial charge in [-0.15, -0.1) is 0 Å². The Morgan fingerprint density at radius 1 is 0.571 bits per heavy atom. The molecule has 3 heterocycles. The van der Waals surface area contributed by atoms with E-state index in [1.165, 1.54) is 11.1 Å². The van der Waals surface area contributed by atoms with Crippen LogP contribution < -0.4 is 0 Å². The molecule has 0 aliphatic heterocycles. The highest BCUT2D eigenvalue weighted by Gasteiger charge is 1.92. The first-order chi connectivity index (χ1) is 10.1. The van der Waals surface area contributed by atoms with E-state index in [2.05, 4.69) is 24.9 Å². The lowest BCUT2D eigenvalue weighted by molar-refractivity contribution is 0.983. The Labute approximate surface area is 136 Å². The van der Waals surface area contributed by atoms with E-state index in [0.717, 1.165) is 0 Å². The quantitative estimate of drug-likeness (QED) is 0.587. The molecule has 0 spiro atoms. The van der Waals surface area contributed by atoms with Crippen molar-refractivity contribution in [2.24, 2.45) is 0 Å². The van der Waals surface area contributed by atoms with Crippen molar-refractivity contribution in [3.63, 3.8) is 0 Å². The van der Waals surface area contributed by atoms with E-state index in [1.54, 1.807) is 24.8 Å². The summed E-state index contributed by atoms with van der Waals surface area (Å²) >= 11 is 14.2. The lowest BCUT2D eigenvalue weighted by Gasteiger charge is -1.97. The van der Waals surface area contributed by atoms with Crippen molar-refractivity contribution in [1.29, 1.82) is 0 Å². The maximum absolute atomic E-state index is 4.72. The van der Waals surface area contributed by atoms with Gasteiger partial charge in [-0.3, -0.25) is 9.97 Å². The summed E-state index contributed by atoms with van der Waals surface area (Å²) in [5, 5.41) is 0. The second-order valence-corrected chi connectivity index (χ2v) is 5.06. The lowest BCUT2D eigenvalue weighted by Crippen LogP contribution is -1.86. The molecule has 3 aromatic rings. The van der Waals surface area contributed by atoms with Crippen molar-refractivity contribution in [1.82, 2.24) is 24.9 Å². The average molecular weight is 333 g/mol. The van der Waals surface area contributed by atoms with E-state index in [0.29, 0.717) is 14.3 Å². The summed E-state index contributed by atoms with van der Waals surface area (Å²) in [6.45, 7) is 0. The highest BCUT2D eigenvalue weighted by molar-refractivity contribution is 7.72. The third-order valence-corrected chi connectivity index (χ3v) is 2.99. The zero-order chi connectivity index (χ0) is 15.1. The van der Waals surface area contributed by atoms with Crippen molar-refractivity contribution < 1.29 is 0 Å². The molecule has 8 heteroatoms. The van der Waals surface area contributed by atoms with Crippen LogP contribution in [0.4, 0.5) is 0 Å². The predicted octanol–water partition coefficient (Wildman–Crippen LogP) is 4.00. The first-order valence-electron chi connectivity index (χ1n) is 5.88. The maximum Gasteiger partial charge on any atom is 0.178 e. The molecule has 0 bridgehead atoms. The summed E-state index contributed by atoms with van der Waals surface area (Å²) in [6, 6.07) is 7.93. The van der Waals surface area contributed by atoms with Crippen LogP contribution in [-0.2, 0) is 0 Å². The number of nitrogens with zero attached hydrogens (tertiary/aromatic N) is 2. The molecule has 3 N–H and O–H groups in total. The minimum atomic E-state index is 0.448. The largest absolute Gasteiger partial charge is 0.309 e. The minimum absolute atomic E-state index is 0.448. The van der Waals surface area contributed by atoms with Gasteiger partial charge in [0.05, 0.1) is 0 Å². The molecule has 0 amide bonds. The Bertz CT molecular complexity index is 736. The molecule has 0 saturated heterocycles. The van der Waals surface area contributed by atoms with E-state index in [9.17, 15) is 0 Å². The third-order valence-electron chi connectivity index (χ3n) is 2.38. The Hall–Kier alpha value is -2.03. The molecule has 5 nitrogen and oxygen atoms in total. The van der Waals surface area contributed by atoms with Gasteiger partial charge < -0.3 is 15.0 Å². The van der Waals surface area contributed by atoms with E-state index in [-0.39, 0.29) is 0 Å². The van der Waals surface area contributed by atoms with E-state index in [4.69, 9.17) is 36.7 Å². The van der Waals surface area contributed by atoms with Crippen LogP contribution in [0.2, 0.25) is 0 Å². The summed E-state index contributed by atoms with van der Waals surface area (Å²) in [6.07, 6.45) is 7.15. The van der Waals surface area contributed by atoms with Gasteiger partial charge in [0.2, 0.25) is 0 Å². The van der Waals surface area contributed by atoms with E-state index >= 15 is 0 Å². The molecule has 0 aromatic carbocycles. The minimum Gasteiger partial charge on any atom is -0.309 e. The summed E-state index contributed by atoms with van der Waals surface area (Å²) in [4.78, 5) is 15.9. The van der Waals surface area contributed by atoms with Crippen LogP contribution >= 0.6 is 36.7 Å². The number of aromatic amines is 3. The molecular formula is C13H11N5S3. The fraction of sp³-hybridized carbons (Fsp3) is 0. The maximum atomic E-state index is 4.72. The fourth-order valence-electron chi connectivity index (χ4n) is 1.49. The van der Waals surface area contributed by atoms with Gasteiger partial charge in [-0.05, 0) is 72.0 Å². The first kappa shape index (κ1) is 15.4. The number of aromatic nitrogens is 5. The molecule has 0 atom stereocenters. The van der Waals surface area contributed by atoms with Gasteiger partial charge in [-0.1, -0.05) is 0 Å². The first-order valence-corrected chi connectivity index (χ1v) is 7.11. The lowest BCUT2D eigenvalue weighted by atomic mass is 10.1. The standard InChI is InChI=1S/C10H8N2.C3H3N3S3/c1-5-11-6-2-9(1)10-3-7-12-8-4-10;7-1-4-2(8)6-3(9)5-1/h1-8H;(H3,4,5,6,7,8,9). The van der Waals surface area contributed by atoms with Crippen LogP contribution in [-0.4, -0.2) is 24.9 Å². The van der Waals surface area contributed by atoms with Gasteiger partial charge in [-0.25, -0.2) is 0 Å². The normalized spacial score (nSPS) is 9.52. The van der Waals surface area contributed by atoms with Crippen LogP contribution in [0.1, 0.15) is 0 Å². The number of nitrogens with one attached hydrogen (secondary N) is 3. The second kappa shape index (κ2) is 7.67. The molecule has 21 heavy (non-hydrogen) atoms. The van der Waals surface area contributed by atoms with Gasteiger partial charge >= 0.3 is 0 Å². The van der Waals surface area contributed by atoms with Crippen molar-refractivity contribution in [3.05, 3.63) is 63.4 Å². The zero-order valence-corrected chi connectivity index (χ0v) is 13.2. The van der Waals surface area contributed by atoms with Crippen molar-refractivity contribution >= 4 is 36.7 Å². The highest BCUT2D eigenvalue weighted by atomic mass is 32.1. The number of hydrogen-bond acceptors (Lipinski definition) is 5.